The van der Waals surface area contributed by atoms with Gasteiger partial charge < -0.3 is 9.47 Å². The van der Waals surface area contributed by atoms with Crippen LogP contribution in [0.4, 0.5) is 26.3 Å². The van der Waals surface area contributed by atoms with Crippen molar-refractivity contribution in [3.05, 3.63) is 127 Å². The van der Waals surface area contributed by atoms with E-state index in [2.05, 4.69) is 26.2 Å². The van der Waals surface area contributed by atoms with E-state index in [1.165, 1.54) is 48.9 Å². The van der Waals surface area contributed by atoms with E-state index in [0.717, 1.165) is 87.2 Å². The van der Waals surface area contributed by atoms with E-state index in [1.807, 2.05) is 0 Å². The Hall–Kier alpha value is -4.20. The van der Waals surface area contributed by atoms with Gasteiger partial charge in [0.2, 0.25) is 0 Å². The Labute approximate surface area is 419 Å². The molecule has 8 rings (SSSR count). The van der Waals surface area contributed by atoms with Gasteiger partial charge in [0, 0.05) is 42.3 Å². The van der Waals surface area contributed by atoms with Crippen molar-refractivity contribution in [2.45, 2.75) is 88.9 Å². The van der Waals surface area contributed by atoms with Crippen LogP contribution in [-0.4, -0.2) is 81.9 Å². The number of piperidine rings is 2. The molecule has 380 valence electrons. The summed E-state index contributed by atoms with van der Waals surface area (Å²) in [6.45, 7) is 6.41. The molecule has 10 nitrogen and oxygen atoms in total. The molecule has 0 aromatic heterocycles. The third kappa shape index (κ3) is 14.7. The van der Waals surface area contributed by atoms with Gasteiger partial charge in [-0.15, -0.1) is 0 Å². The largest absolute Gasteiger partial charge is 0.493 e. The van der Waals surface area contributed by atoms with Crippen molar-refractivity contribution in [3.63, 3.8) is 0 Å². The van der Waals surface area contributed by atoms with Crippen LogP contribution in [0.2, 0.25) is 10.0 Å². The van der Waals surface area contributed by atoms with Gasteiger partial charge in [0.25, 0.3) is 11.8 Å². The number of rotatable bonds is 16. The summed E-state index contributed by atoms with van der Waals surface area (Å²) >= 11 is 11.7. The maximum absolute atomic E-state index is 14.7. The van der Waals surface area contributed by atoms with Crippen molar-refractivity contribution in [2.24, 2.45) is 11.8 Å². The molecular weight excluding hydrogens is 1000 g/mol. The van der Waals surface area contributed by atoms with Crippen molar-refractivity contribution < 1.29 is 53.8 Å². The molecule has 4 aromatic carbocycles. The number of halogens is 8. The van der Waals surface area contributed by atoms with Crippen LogP contribution in [0.3, 0.4) is 0 Å². The van der Waals surface area contributed by atoms with Crippen molar-refractivity contribution in [2.75, 3.05) is 51.9 Å². The van der Waals surface area contributed by atoms with Crippen molar-refractivity contribution in [1.82, 2.24) is 19.2 Å². The molecule has 2 saturated heterocycles. The molecule has 0 bridgehead atoms. The number of alkyl halides is 3. The van der Waals surface area contributed by atoms with Crippen molar-refractivity contribution in [3.8, 4) is 11.5 Å². The molecule has 20 heteroatoms. The molecule has 2 aliphatic heterocycles. The molecule has 0 spiro atoms. The van der Waals surface area contributed by atoms with Crippen LogP contribution in [-0.2, 0) is 34.7 Å². The fourth-order valence-electron chi connectivity index (χ4n) is 8.95. The lowest BCUT2D eigenvalue weighted by atomic mass is 9.95. The van der Waals surface area contributed by atoms with Crippen molar-refractivity contribution >= 4 is 57.0 Å². The Morgan fingerprint density at radius 2 is 1.19 bits per heavy atom. The van der Waals surface area contributed by atoms with Crippen LogP contribution < -0.4 is 18.9 Å². The summed E-state index contributed by atoms with van der Waals surface area (Å²) in [6.07, 6.45) is 5.37. The average Bonchev–Trinajstić information content (AvgIpc) is 4.24. The van der Waals surface area contributed by atoms with Crippen LogP contribution in [0, 0.1) is 29.3 Å². The molecule has 2 N–H and O–H groups in total. The Morgan fingerprint density at radius 3 is 1.63 bits per heavy atom. The molecule has 2 aliphatic carbocycles. The van der Waals surface area contributed by atoms with Gasteiger partial charge >= 0.3 is 6.18 Å². The number of likely N-dealkylation sites (tertiary alicyclic amines) is 2. The lowest BCUT2D eigenvalue weighted by molar-refractivity contribution is -0.137. The number of nitrogens with zero attached hydrogens (tertiary/aromatic N) is 2. The summed E-state index contributed by atoms with van der Waals surface area (Å²) in [7, 11) is -3.16. The summed E-state index contributed by atoms with van der Waals surface area (Å²) < 4.78 is 122. The average molecular weight is 1060 g/mol. The number of hydrogen-bond acceptors (Lipinski definition) is 8. The predicted molar refractivity (Wildman–Crippen MR) is 259 cm³/mol. The number of ether oxygens (including phenoxy) is 2. The minimum Gasteiger partial charge on any atom is -0.493 e. The molecule has 2 heterocycles. The van der Waals surface area contributed by atoms with Gasteiger partial charge in [-0.05, 0) is 173 Å². The number of benzene rings is 4. The van der Waals surface area contributed by atoms with E-state index in [9.17, 15) is 44.3 Å². The van der Waals surface area contributed by atoms with E-state index < -0.39 is 57.2 Å². The lowest BCUT2D eigenvalue weighted by Gasteiger charge is -2.36. The normalized spacial score (nSPS) is 18.6. The second-order valence-electron chi connectivity index (χ2n) is 18.6. The minimum atomic E-state index is -4.49. The van der Waals surface area contributed by atoms with E-state index in [-0.39, 0.29) is 45.8 Å². The minimum absolute atomic E-state index is 0.0572. The highest BCUT2D eigenvalue weighted by molar-refractivity contribution is 7.83. The smallest absolute Gasteiger partial charge is 0.417 e. The summed E-state index contributed by atoms with van der Waals surface area (Å²) in [5.41, 5.74) is 1.96. The van der Waals surface area contributed by atoms with Gasteiger partial charge in [-0.25, -0.2) is 21.6 Å². The number of nitrogens with one attached hydrogen (secondary N) is 2. The molecule has 4 aliphatic rings. The molecule has 4 fully saturated rings. The zero-order valence-electron chi connectivity index (χ0n) is 39.0. The van der Waals surface area contributed by atoms with E-state index in [0.29, 0.717) is 60.9 Å². The predicted octanol–water partition coefficient (Wildman–Crippen LogP) is 11.1. The highest BCUT2D eigenvalue weighted by atomic mass is 35.5. The molecule has 3 atom stereocenters. The van der Waals surface area contributed by atoms with Gasteiger partial charge in [-0.1, -0.05) is 29.3 Å². The van der Waals surface area contributed by atoms with Crippen LogP contribution in [0.1, 0.15) is 125 Å². The van der Waals surface area contributed by atoms with Crippen LogP contribution in [0.5, 0.6) is 11.5 Å². The second kappa shape index (κ2) is 23.6. The number of carbonyl (C=O) groups excluding carboxylic acids is 2. The van der Waals surface area contributed by atoms with Crippen LogP contribution in [0.25, 0.3) is 0 Å². The molecule has 2 saturated carbocycles. The number of hydrogen-bond donors (Lipinski definition) is 2. The van der Waals surface area contributed by atoms with Gasteiger partial charge in [0.1, 0.15) is 50.9 Å². The third-order valence-corrected chi connectivity index (χ3v) is 14.7. The molecule has 70 heavy (non-hydrogen) atoms. The number of amides is 2. The Bertz CT molecular complexity index is 2570. The standard InChI is InChI=1S/C25H27ClF4N2O3S.C25H29ClF2N2O3S/c1-36(34)31-24(33)19-11-18(17-3-4-17)23(12-22(19)27)35-14-15-6-8-32(9-7-15)13-16-2-5-21(26)20(10-16)25(28,29)30;1-15(18-9-19(26)11-20(27)10-18)30-7-5-16(6-8-30)14-33-24-13-23(28)22(25(31)29-34(2)32)12-21(24)17-3-4-17/h2,5,10-12,15,17H,3-4,6-9,13-14H2,1H3,(H,31,33);9-13,15-17H,3-8,14H2,1-2H3,(H,29,31). The highest BCUT2D eigenvalue weighted by Crippen LogP contribution is 2.47. The zero-order valence-corrected chi connectivity index (χ0v) is 42.1. The molecule has 0 radical (unpaired) electrons. The van der Waals surface area contributed by atoms with Crippen LogP contribution >= 0.6 is 23.2 Å². The zero-order chi connectivity index (χ0) is 50.4. The fourth-order valence-corrected chi connectivity index (χ4v) is 10.1. The maximum Gasteiger partial charge on any atom is 0.417 e. The molecule has 2 amide bonds. The summed E-state index contributed by atoms with van der Waals surface area (Å²) in [4.78, 5) is 28.8. The van der Waals surface area contributed by atoms with Crippen molar-refractivity contribution in [1.29, 1.82) is 0 Å². The first-order chi connectivity index (χ1) is 33.2. The van der Waals surface area contributed by atoms with Crippen LogP contribution in [0.15, 0.2) is 60.7 Å². The Kier molecular flexibility index (Phi) is 18.0. The molecule has 3 unspecified atom stereocenters. The monoisotopic (exact) mass is 1060 g/mol. The van der Waals surface area contributed by atoms with E-state index >= 15 is 0 Å². The first kappa shape index (κ1) is 53.6. The first-order valence-electron chi connectivity index (χ1n) is 23.2. The first-order valence-corrected chi connectivity index (χ1v) is 27.1. The second-order valence-corrected chi connectivity index (χ2v) is 21.6. The number of carbonyl (C=O) groups is 2. The quantitative estimate of drug-likeness (QED) is 0.107. The summed E-state index contributed by atoms with van der Waals surface area (Å²) in [6, 6.07) is 14.3. The fraction of sp³-hybridized carbons (Fsp3) is 0.480. The van der Waals surface area contributed by atoms with Gasteiger partial charge in [0.05, 0.1) is 34.9 Å². The third-order valence-electron chi connectivity index (χ3n) is 13.2. The van der Waals surface area contributed by atoms with E-state index in [1.54, 1.807) is 18.2 Å². The molecule has 4 aromatic rings. The van der Waals surface area contributed by atoms with E-state index in [4.69, 9.17) is 32.7 Å². The Balaban J connectivity index is 0.000000207. The van der Waals surface area contributed by atoms with Gasteiger partial charge in [-0.2, -0.15) is 13.2 Å². The summed E-state index contributed by atoms with van der Waals surface area (Å²) in [5, 5.41) is 0.0911. The SMILES string of the molecule is CC(c1cc(F)cc(Cl)c1)N1CCC(COc2cc(F)c(C(=O)NS(C)=O)cc2C2CC2)CC1.CS(=O)NC(=O)c1cc(C2CC2)c(OCC2CCN(Cc3ccc(Cl)c(C(F)(F)F)c3)CC2)cc1F. The Morgan fingerprint density at radius 1 is 0.700 bits per heavy atom. The van der Waals surface area contributed by atoms with Gasteiger partial charge in [-0.3, -0.25) is 28.8 Å². The maximum atomic E-state index is 14.7. The van der Waals surface area contributed by atoms with Gasteiger partial charge in [0.15, 0.2) is 0 Å². The summed E-state index contributed by atoms with van der Waals surface area (Å²) in [5.74, 6) is -1.23. The molecular formula is C50H56Cl2F6N4O6S2. The highest BCUT2D eigenvalue weighted by Gasteiger charge is 2.35. The lowest BCUT2D eigenvalue weighted by Crippen LogP contribution is -2.37. The topological polar surface area (TPSA) is 117 Å².